The number of nitrogens with zero attached hydrogens (tertiary/aromatic N) is 3. The predicted molar refractivity (Wildman–Crippen MR) is 110 cm³/mol. The van der Waals surface area contributed by atoms with Gasteiger partial charge in [0, 0.05) is 18.3 Å². The first-order chi connectivity index (χ1) is 14.2. The fraction of sp³-hybridized carbons (Fsp3) is 0.208. The van der Waals surface area contributed by atoms with Gasteiger partial charge in [0.2, 0.25) is 5.91 Å². The number of rotatable bonds is 5. The summed E-state index contributed by atoms with van der Waals surface area (Å²) in [5, 5.41) is 19.7. The molecule has 1 N–H and O–H groups in total. The molecule has 0 unspecified atom stereocenters. The molecule has 0 bridgehead atoms. The van der Waals surface area contributed by atoms with Crippen molar-refractivity contribution in [3.05, 3.63) is 90.3 Å². The molecule has 1 aromatic heterocycles. The fourth-order valence-corrected chi connectivity index (χ4v) is 4.05. The Kier molecular flexibility index (Phi) is 5.37. The van der Waals surface area contributed by atoms with Crippen molar-refractivity contribution in [3.63, 3.8) is 0 Å². The zero-order valence-electron chi connectivity index (χ0n) is 15.8. The first kappa shape index (κ1) is 18.9. The normalized spacial score (nSPS) is 20.6. The van der Waals surface area contributed by atoms with Crippen LogP contribution in [0.4, 0.5) is 0 Å². The lowest BCUT2D eigenvalue weighted by atomic mass is 9.75. The number of carbonyl (C=O) groups is 1. The van der Waals surface area contributed by atoms with Crippen molar-refractivity contribution in [1.29, 1.82) is 5.26 Å². The number of pyridine rings is 1. The van der Waals surface area contributed by atoms with E-state index in [0.717, 1.165) is 22.3 Å². The Morgan fingerprint density at radius 2 is 1.66 bits per heavy atom. The van der Waals surface area contributed by atoms with Crippen LogP contribution in [0, 0.1) is 11.3 Å². The van der Waals surface area contributed by atoms with E-state index in [-0.39, 0.29) is 30.9 Å². The summed E-state index contributed by atoms with van der Waals surface area (Å²) in [6.07, 6.45) is 3.72. The average molecular weight is 383 g/mol. The lowest BCUT2D eigenvalue weighted by molar-refractivity contribution is -0.146. The van der Waals surface area contributed by atoms with Crippen LogP contribution in [0.2, 0.25) is 0 Å². The topological polar surface area (TPSA) is 77.2 Å². The summed E-state index contributed by atoms with van der Waals surface area (Å²) in [7, 11) is 0. The second-order valence-corrected chi connectivity index (χ2v) is 7.17. The third-order valence-electron chi connectivity index (χ3n) is 5.53. The molecule has 3 aromatic rings. The van der Waals surface area contributed by atoms with E-state index in [1.54, 1.807) is 12.4 Å². The maximum Gasteiger partial charge on any atom is 0.228 e. The lowest BCUT2D eigenvalue weighted by Crippen LogP contribution is -2.65. The molecule has 4 rings (SSSR count). The lowest BCUT2D eigenvalue weighted by Gasteiger charge is -2.51. The van der Waals surface area contributed by atoms with Crippen LogP contribution in [0.1, 0.15) is 17.0 Å². The van der Waals surface area contributed by atoms with Crippen molar-refractivity contribution in [2.24, 2.45) is 0 Å². The minimum atomic E-state index is -0.574. The quantitative estimate of drug-likeness (QED) is 0.734. The summed E-state index contributed by atoms with van der Waals surface area (Å²) in [5.74, 6) is -0.331. The molecular weight excluding hydrogens is 362 g/mol. The SMILES string of the molecule is N#C[C@@H]1[C@@H](c2ccc(-c3ccncc3)cc2)[C@@H](CO)N1C(=O)Cc1ccccc1. The van der Waals surface area contributed by atoms with Crippen molar-refractivity contribution >= 4 is 5.91 Å². The first-order valence-corrected chi connectivity index (χ1v) is 9.59. The molecule has 1 amide bonds. The third kappa shape index (κ3) is 3.63. The van der Waals surface area contributed by atoms with Crippen LogP contribution in [0.3, 0.4) is 0 Å². The van der Waals surface area contributed by atoms with Gasteiger partial charge < -0.3 is 10.0 Å². The number of hydrogen-bond acceptors (Lipinski definition) is 4. The monoisotopic (exact) mass is 383 g/mol. The van der Waals surface area contributed by atoms with E-state index in [4.69, 9.17) is 0 Å². The van der Waals surface area contributed by atoms with Crippen LogP contribution in [0.25, 0.3) is 11.1 Å². The maximum atomic E-state index is 12.8. The number of benzene rings is 2. The molecule has 0 radical (unpaired) electrons. The standard InChI is InChI=1S/C24H21N3O2/c25-15-21-24(20-8-6-18(7-9-20)19-10-12-26-13-11-19)22(16-28)27(21)23(29)14-17-4-2-1-3-5-17/h1-13,21-22,24,28H,14,16H2/t21-,22-,24-/m1/s1. The van der Waals surface area contributed by atoms with Crippen molar-refractivity contribution in [2.75, 3.05) is 6.61 Å². The molecule has 0 aliphatic carbocycles. The van der Waals surface area contributed by atoms with Crippen molar-refractivity contribution in [2.45, 2.75) is 24.4 Å². The largest absolute Gasteiger partial charge is 0.394 e. The van der Waals surface area contributed by atoms with Crippen molar-refractivity contribution in [3.8, 4) is 17.2 Å². The number of nitriles is 1. The Balaban J connectivity index is 1.54. The van der Waals surface area contributed by atoms with Gasteiger partial charge >= 0.3 is 0 Å². The highest BCUT2D eigenvalue weighted by Gasteiger charge is 2.51. The summed E-state index contributed by atoms with van der Waals surface area (Å²) in [6.45, 7) is -0.171. The minimum Gasteiger partial charge on any atom is -0.394 e. The van der Waals surface area contributed by atoms with E-state index >= 15 is 0 Å². The average Bonchev–Trinajstić information content (AvgIpc) is 2.75. The fourth-order valence-electron chi connectivity index (χ4n) is 4.05. The van der Waals surface area contributed by atoms with E-state index in [2.05, 4.69) is 11.1 Å². The molecule has 5 nitrogen and oxygen atoms in total. The molecular formula is C24H21N3O2. The number of aliphatic hydroxyl groups is 1. The van der Waals surface area contributed by atoms with Gasteiger partial charge in [-0.2, -0.15) is 5.26 Å². The van der Waals surface area contributed by atoms with Gasteiger partial charge in [-0.25, -0.2) is 0 Å². The van der Waals surface area contributed by atoms with E-state index < -0.39 is 6.04 Å². The highest BCUT2D eigenvalue weighted by molar-refractivity contribution is 5.81. The van der Waals surface area contributed by atoms with Crippen LogP contribution in [0.5, 0.6) is 0 Å². The van der Waals surface area contributed by atoms with Crippen LogP contribution >= 0.6 is 0 Å². The van der Waals surface area contributed by atoms with Crippen LogP contribution in [-0.4, -0.2) is 39.6 Å². The van der Waals surface area contributed by atoms with Gasteiger partial charge in [-0.05, 0) is 34.4 Å². The zero-order chi connectivity index (χ0) is 20.2. The Morgan fingerprint density at radius 1 is 1.00 bits per heavy atom. The molecule has 1 aliphatic rings. The van der Waals surface area contributed by atoms with Crippen LogP contribution in [0.15, 0.2) is 79.1 Å². The van der Waals surface area contributed by atoms with Crippen molar-refractivity contribution in [1.82, 2.24) is 9.88 Å². The van der Waals surface area contributed by atoms with Gasteiger partial charge in [0.25, 0.3) is 0 Å². The summed E-state index contributed by atoms with van der Waals surface area (Å²) in [4.78, 5) is 18.4. The number of hydrogen-bond donors (Lipinski definition) is 1. The molecule has 1 saturated heterocycles. The molecule has 0 saturated carbocycles. The number of aliphatic hydroxyl groups excluding tert-OH is 1. The number of likely N-dealkylation sites (tertiary alicyclic amines) is 1. The molecule has 2 heterocycles. The summed E-state index contributed by atoms with van der Waals surface area (Å²) < 4.78 is 0. The van der Waals surface area contributed by atoms with E-state index in [1.165, 1.54) is 4.90 Å². The predicted octanol–water partition coefficient (Wildman–Crippen LogP) is 3.17. The van der Waals surface area contributed by atoms with Crippen molar-refractivity contribution < 1.29 is 9.90 Å². The number of aromatic nitrogens is 1. The summed E-state index contributed by atoms with van der Waals surface area (Å²) in [5.41, 5.74) is 3.98. The van der Waals surface area contributed by atoms with E-state index in [0.29, 0.717) is 0 Å². The zero-order valence-corrected chi connectivity index (χ0v) is 15.8. The second-order valence-electron chi connectivity index (χ2n) is 7.17. The van der Waals surface area contributed by atoms with E-state index in [1.807, 2.05) is 66.7 Å². The van der Waals surface area contributed by atoms with Gasteiger partial charge in [-0.1, -0.05) is 54.6 Å². The third-order valence-corrected chi connectivity index (χ3v) is 5.53. The molecule has 29 heavy (non-hydrogen) atoms. The Bertz CT molecular complexity index is 1010. The second kappa shape index (κ2) is 8.26. The molecule has 1 fully saturated rings. The maximum absolute atomic E-state index is 12.8. The van der Waals surface area contributed by atoms with E-state index in [9.17, 15) is 15.2 Å². The molecule has 144 valence electrons. The highest BCUT2D eigenvalue weighted by atomic mass is 16.3. The molecule has 3 atom stereocenters. The van der Waals surface area contributed by atoms with Gasteiger partial charge in [-0.15, -0.1) is 0 Å². The smallest absolute Gasteiger partial charge is 0.228 e. The van der Waals surface area contributed by atoms with Gasteiger partial charge in [0.15, 0.2) is 0 Å². The van der Waals surface area contributed by atoms with Gasteiger partial charge in [0.05, 0.1) is 25.1 Å². The number of amides is 1. The van der Waals surface area contributed by atoms with Gasteiger partial charge in [0.1, 0.15) is 6.04 Å². The number of carbonyl (C=O) groups excluding carboxylic acids is 1. The van der Waals surface area contributed by atoms with Gasteiger partial charge in [-0.3, -0.25) is 9.78 Å². The first-order valence-electron chi connectivity index (χ1n) is 9.59. The Hall–Kier alpha value is -3.49. The van der Waals surface area contributed by atoms with Crippen LogP contribution < -0.4 is 0 Å². The minimum absolute atomic E-state index is 0.133. The Morgan fingerprint density at radius 3 is 2.28 bits per heavy atom. The molecule has 5 heteroatoms. The highest BCUT2D eigenvalue weighted by Crippen LogP contribution is 2.41. The summed E-state index contributed by atoms with van der Waals surface area (Å²) in [6, 6.07) is 22.6. The van der Waals surface area contributed by atoms with Crippen LogP contribution in [-0.2, 0) is 11.2 Å². The molecule has 2 aromatic carbocycles. The Labute approximate surface area is 169 Å². The summed E-state index contributed by atoms with van der Waals surface area (Å²) >= 11 is 0. The molecule has 1 aliphatic heterocycles. The molecule has 0 spiro atoms.